The van der Waals surface area contributed by atoms with E-state index in [9.17, 15) is 13.2 Å². The molecule has 1 saturated heterocycles. The normalized spacial score (nSPS) is 24.8. The fourth-order valence-corrected chi connectivity index (χ4v) is 5.97. The molecule has 0 spiro atoms. The number of carbonyl (C=O) groups excluding carboxylic acids is 1. The Hall–Kier alpha value is -1.44. The zero-order valence-electron chi connectivity index (χ0n) is 17.3. The molecule has 1 amide bonds. The van der Waals surface area contributed by atoms with Crippen LogP contribution < -0.4 is 5.32 Å². The van der Waals surface area contributed by atoms with Crippen molar-refractivity contribution in [1.82, 2.24) is 14.5 Å². The van der Waals surface area contributed by atoms with Crippen LogP contribution in [0, 0.1) is 19.8 Å². The van der Waals surface area contributed by atoms with E-state index in [1.165, 1.54) is 19.3 Å². The molecule has 1 aromatic rings. The molecule has 2 atom stereocenters. The number of rotatable bonds is 5. The maximum absolute atomic E-state index is 13.0. The van der Waals surface area contributed by atoms with E-state index in [4.69, 9.17) is 0 Å². The van der Waals surface area contributed by atoms with Crippen LogP contribution in [0.3, 0.4) is 0 Å². The third kappa shape index (κ3) is 4.93. The lowest BCUT2D eigenvalue weighted by atomic mass is 9.86. The van der Waals surface area contributed by atoms with Gasteiger partial charge in [-0.05, 0) is 44.2 Å². The fraction of sp³-hybridized carbons (Fsp3) is 0.667. The van der Waals surface area contributed by atoms with E-state index in [-0.39, 0.29) is 11.9 Å². The lowest BCUT2D eigenvalue weighted by Crippen LogP contribution is -2.52. The van der Waals surface area contributed by atoms with Crippen LogP contribution in [0.2, 0.25) is 0 Å². The van der Waals surface area contributed by atoms with Crippen LogP contribution >= 0.6 is 0 Å². The number of carbonyl (C=O) groups is 1. The van der Waals surface area contributed by atoms with E-state index in [0.717, 1.165) is 17.5 Å². The minimum Gasteiger partial charge on any atom is -0.352 e. The molecule has 1 heterocycles. The summed E-state index contributed by atoms with van der Waals surface area (Å²) >= 11 is 0. The van der Waals surface area contributed by atoms with Crippen LogP contribution in [0.1, 0.15) is 43.7 Å². The van der Waals surface area contributed by atoms with E-state index >= 15 is 0 Å². The molecular formula is C21H33N3O3S. The van der Waals surface area contributed by atoms with Gasteiger partial charge in [-0.15, -0.1) is 0 Å². The molecule has 2 aliphatic rings. The predicted molar refractivity (Wildman–Crippen MR) is 111 cm³/mol. The Labute approximate surface area is 169 Å². The van der Waals surface area contributed by atoms with Gasteiger partial charge in [0.1, 0.15) is 0 Å². The van der Waals surface area contributed by atoms with E-state index in [1.807, 2.05) is 26.0 Å². The van der Waals surface area contributed by atoms with E-state index in [2.05, 4.69) is 17.1 Å². The van der Waals surface area contributed by atoms with Gasteiger partial charge >= 0.3 is 0 Å². The fourth-order valence-electron chi connectivity index (χ4n) is 4.34. The van der Waals surface area contributed by atoms with Crippen LogP contribution in [0.5, 0.6) is 0 Å². The molecule has 3 rings (SSSR count). The van der Waals surface area contributed by atoms with E-state index in [1.54, 1.807) is 10.4 Å². The maximum Gasteiger partial charge on any atom is 0.243 e. The van der Waals surface area contributed by atoms with Crippen LogP contribution in [0.15, 0.2) is 23.1 Å². The highest BCUT2D eigenvalue weighted by Gasteiger charge is 2.30. The number of amides is 1. The largest absolute Gasteiger partial charge is 0.352 e. The first-order valence-corrected chi connectivity index (χ1v) is 11.8. The van der Waals surface area contributed by atoms with Gasteiger partial charge in [0.2, 0.25) is 15.9 Å². The minimum atomic E-state index is -3.49. The number of sulfonamides is 1. The summed E-state index contributed by atoms with van der Waals surface area (Å²) in [5.74, 6) is 0.599. The monoisotopic (exact) mass is 407 g/mol. The van der Waals surface area contributed by atoms with Gasteiger partial charge in [0.15, 0.2) is 0 Å². The topological polar surface area (TPSA) is 69.7 Å². The summed E-state index contributed by atoms with van der Waals surface area (Å²) < 4.78 is 27.5. The average molecular weight is 408 g/mol. The summed E-state index contributed by atoms with van der Waals surface area (Å²) in [6.07, 6.45) is 4.68. The first-order valence-electron chi connectivity index (χ1n) is 10.4. The van der Waals surface area contributed by atoms with Crippen molar-refractivity contribution in [2.24, 2.45) is 5.92 Å². The Morgan fingerprint density at radius 3 is 2.43 bits per heavy atom. The molecule has 156 valence electrons. The predicted octanol–water partition coefficient (Wildman–Crippen LogP) is 2.30. The summed E-state index contributed by atoms with van der Waals surface area (Å²) in [6.45, 7) is 8.36. The Morgan fingerprint density at radius 1 is 1.11 bits per heavy atom. The van der Waals surface area contributed by atoms with Crippen molar-refractivity contribution in [2.45, 2.75) is 57.4 Å². The number of hydrogen-bond donors (Lipinski definition) is 1. The minimum absolute atomic E-state index is 0.0597. The number of benzene rings is 1. The Balaban J connectivity index is 1.53. The summed E-state index contributed by atoms with van der Waals surface area (Å²) in [4.78, 5) is 14.9. The van der Waals surface area contributed by atoms with Crippen molar-refractivity contribution >= 4 is 15.9 Å². The molecule has 0 aromatic heterocycles. The number of nitrogens with one attached hydrogen (secondary N) is 1. The van der Waals surface area contributed by atoms with Crippen LogP contribution in [-0.4, -0.2) is 62.3 Å². The van der Waals surface area contributed by atoms with Gasteiger partial charge in [-0.2, -0.15) is 4.31 Å². The van der Waals surface area contributed by atoms with Gasteiger partial charge in [-0.1, -0.05) is 37.5 Å². The van der Waals surface area contributed by atoms with E-state index in [0.29, 0.717) is 43.5 Å². The lowest BCUT2D eigenvalue weighted by molar-refractivity contribution is -0.123. The van der Waals surface area contributed by atoms with Crippen molar-refractivity contribution < 1.29 is 13.2 Å². The Kier molecular flexibility index (Phi) is 6.78. The molecule has 1 aliphatic heterocycles. The molecule has 0 radical (unpaired) electrons. The van der Waals surface area contributed by atoms with Crippen molar-refractivity contribution in [1.29, 1.82) is 0 Å². The summed E-state index contributed by atoms with van der Waals surface area (Å²) in [5, 5.41) is 3.18. The third-order valence-corrected chi connectivity index (χ3v) is 8.16. The van der Waals surface area contributed by atoms with Crippen molar-refractivity contribution in [3.8, 4) is 0 Å². The van der Waals surface area contributed by atoms with E-state index < -0.39 is 10.0 Å². The quantitative estimate of drug-likeness (QED) is 0.813. The summed E-state index contributed by atoms with van der Waals surface area (Å²) in [5.41, 5.74) is 1.84. The first-order chi connectivity index (χ1) is 13.3. The molecular weight excluding hydrogens is 374 g/mol. The number of piperazine rings is 1. The molecule has 6 nitrogen and oxygen atoms in total. The highest BCUT2D eigenvalue weighted by Crippen LogP contribution is 2.24. The smallest absolute Gasteiger partial charge is 0.243 e. The summed E-state index contributed by atoms with van der Waals surface area (Å²) in [6, 6.07) is 5.73. The van der Waals surface area contributed by atoms with Crippen LogP contribution in [0.25, 0.3) is 0 Å². The second-order valence-electron chi connectivity index (χ2n) is 8.38. The van der Waals surface area contributed by atoms with Crippen molar-refractivity contribution in [3.63, 3.8) is 0 Å². The molecule has 28 heavy (non-hydrogen) atoms. The van der Waals surface area contributed by atoms with Gasteiger partial charge in [0.05, 0.1) is 11.4 Å². The number of nitrogens with zero attached hydrogens (tertiary/aromatic N) is 2. The third-order valence-electron chi connectivity index (χ3n) is 6.10. The van der Waals surface area contributed by atoms with Crippen LogP contribution in [-0.2, 0) is 14.8 Å². The summed E-state index contributed by atoms with van der Waals surface area (Å²) in [7, 11) is -3.49. The molecule has 1 aliphatic carbocycles. The standard InChI is InChI=1S/C21H33N3O3S/c1-16-8-9-20(18(3)14-16)28(26,27)24-12-10-23(11-13-24)15-21(25)22-19-7-5-4-6-17(19)2/h8-9,14,17,19H,4-7,10-13,15H2,1-3H3,(H,22,25)/t17-,19-/m1/s1. The maximum atomic E-state index is 13.0. The van der Waals surface area contributed by atoms with Gasteiger partial charge in [0.25, 0.3) is 0 Å². The Morgan fingerprint density at radius 2 is 1.79 bits per heavy atom. The van der Waals surface area contributed by atoms with Crippen LogP contribution in [0.4, 0.5) is 0 Å². The van der Waals surface area contributed by atoms with Gasteiger partial charge < -0.3 is 5.32 Å². The van der Waals surface area contributed by atoms with Gasteiger partial charge in [-0.25, -0.2) is 8.42 Å². The van der Waals surface area contributed by atoms with Crippen molar-refractivity contribution in [2.75, 3.05) is 32.7 Å². The molecule has 7 heteroatoms. The van der Waals surface area contributed by atoms with Gasteiger partial charge in [-0.3, -0.25) is 9.69 Å². The number of aryl methyl sites for hydroxylation is 2. The molecule has 1 saturated carbocycles. The zero-order chi connectivity index (χ0) is 20.3. The Bertz CT molecular complexity index is 801. The second kappa shape index (κ2) is 8.93. The molecule has 0 unspecified atom stereocenters. The first kappa shape index (κ1) is 21.3. The molecule has 0 bridgehead atoms. The molecule has 2 fully saturated rings. The average Bonchev–Trinajstić information content (AvgIpc) is 2.64. The zero-order valence-corrected chi connectivity index (χ0v) is 18.1. The number of hydrogen-bond acceptors (Lipinski definition) is 4. The second-order valence-corrected chi connectivity index (χ2v) is 10.3. The highest BCUT2D eigenvalue weighted by atomic mass is 32.2. The lowest BCUT2D eigenvalue weighted by Gasteiger charge is -2.35. The highest BCUT2D eigenvalue weighted by molar-refractivity contribution is 7.89. The molecule has 1 N–H and O–H groups in total. The molecule has 1 aromatic carbocycles. The van der Waals surface area contributed by atoms with Crippen molar-refractivity contribution in [3.05, 3.63) is 29.3 Å². The van der Waals surface area contributed by atoms with Gasteiger partial charge in [0, 0.05) is 32.2 Å². The SMILES string of the molecule is Cc1ccc(S(=O)(=O)N2CCN(CC(=O)N[C@@H]3CCCC[C@H]3C)CC2)c(C)c1.